The van der Waals surface area contributed by atoms with Crippen LogP contribution in [0.1, 0.15) is 29.2 Å². The molecule has 0 bridgehead atoms. The average molecular weight is 555 g/mol. The Hall–Kier alpha value is -4.05. The number of hydrogen-bond donors (Lipinski definition) is 3. The van der Waals surface area contributed by atoms with E-state index in [1.807, 2.05) is 0 Å². The number of thioether (sulfide) groups is 1. The molecule has 0 heterocycles. The van der Waals surface area contributed by atoms with Crippen LogP contribution in [0.25, 0.3) is 0 Å². The van der Waals surface area contributed by atoms with E-state index in [4.69, 9.17) is 0 Å². The number of amides is 2. The number of carbonyl (C=O) groups excluding carboxylic acids is 2. The second-order valence-electron chi connectivity index (χ2n) is 8.95. The number of para-hydroxylation sites is 1. The van der Waals surface area contributed by atoms with E-state index in [9.17, 15) is 32.7 Å². The van der Waals surface area contributed by atoms with Crippen molar-refractivity contribution < 1.29 is 32.7 Å². The summed E-state index contributed by atoms with van der Waals surface area (Å²) in [6.07, 6.45) is -0.444. The minimum absolute atomic E-state index is 0.291. The summed E-state index contributed by atoms with van der Waals surface area (Å²) in [6, 6.07) is 20.1. The Morgan fingerprint density at radius 3 is 2.08 bits per heavy atom. The van der Waals surface area contributed by atoms with Gasteiger partial charge in [-0.25, -0.2) is 0 Å². The number of carboxylic acid groups (broad SMARTS) is 1. The maximum Gasteiger partial charge on any atom is 0.418 e. The Balaban J connectivity index is 1.50. The zero-order valence-corrected chi connectivity index (χ0v) is 21.3. The van der Waals surface area contributed by atoms with Crippen molar-refractivity contribution in [1.29, 1.82) is 0 Å². The Kier molecular flexibility index (Phi) is 8.75. The molecule has 4 rings (SSSR count). The Morgan fingerprint density at radius 1 is 0.821 bits per heavy atom. The highest BCUT2D eigenvalue weighted by Gasteiger charge is 2.35. The molecular formula is C29H25F3N2O4S. The van der Waals surface area contributed by atoms with E-state index in [1.165, 1.54) is 18.2 Å². The summed E-state index contributed by atoms with van der Waals surface area (Å²) in [5, 5.41) is 13.7. The molecule has 0 saturated carbocycles. The van der Waals surface area contributed by atoms with Gasteiger partial charge in [0.1, 0.15) is 5.25 Å². The molecule has 10 heteroatoms. The van der Waals surface area contributed by atoms with Gasteiger partial charge in [0.15, 0.2) is 0 Å². The Bertz CT molecular complexity index is 1360. The summed E-state index contributed by atoms with van der Waals surface area (Å²) in [5.74, 6) is -3.51. The molecule has 0 saturated heterocycles. The predicted octanol–water partition coefficient (Wildman–Crippen LogP) is 6.78. The third kappa shape index (κ3) is 7.08. The quantitative estimate of drug-likeness (QED) is 0.211. The van der Waals surface area contributed by atoms with E-state index in [-0.39, 0.29) is 5.69 Å². The van der Waals surface area contributed by atoms with Gasteiger partial charge in [-0.2, -0.15) is 13.2 Å². The molecule has 3 aromatic rings. The summed E-state index contributed by atoms with van der Waals surface area (Å²) < 4.78 is 40.4. The predicted molar refractivity (Wildman–Crippen MR) is 143 cm³/mol. The number of anilines is 2. The fraction of sp³-hybridized carbons (Fsp3) is 0.207. The zero-order valence-electron chi connectivity index (χ0n) is 20.5. The van der Waals surface area contributed by atoms with E-state index < -0.39 is 46.6 Å². The van der Waals surface area contributed by atoms with Gasteiger partial charge < -0.3 is 15.7 Å². The summed E-state index contributed by atoms with van der Waals surface area (Å²) in [5.41, 5.74) is -0.199. The van der Waals surface area contributed by atoms with Crippen molar-refractivity contribution >= 4 is 40.9 Å². The number of carbonyl (C=O) groups is 3. The van der Waals surface area contributed by atoms with Crippen LogP contribution < -0.4 is 10.6 Å². The van der Waals surface area contributed by atoms with Crippen LogP contribution in [0.15, 0.2) is 95.9 Å². The molecule has 2 amide bonds. The minimum atomic E-state index is -4.63. The lowest BCUT2D eigenvalue weighted by molar-refractivity contribution is -0.146. The summed E-state index contributed by atoms with van der Waals surface area (Å²) in [6.45, 7) is 0. The second kappa shape index (κ2) is 12.2. The number of hydrogen-bond acceptors (Lipinski definition) is 4. The van der Waals surface area contributed by atoms with Gasteiger partial charge in [-0.15, -0.1) is 11.8 Å². The van der Waals surface area contributed by atoms with Crippen molar-refractivity contribution in [3.8, 4) is 0 Å². The summed E-state index contributed by atoms with van der Waals surface area (Å²) in [7, 11) is 0. The van der Waals surface area contributed by atoms with Gasteiger partial charge >= 0.3 is 12.1 Å². The first-order chi connectivity index (χ1) is 18.6. The number of carboxylic acids is 1. The van der Waals surface area contributed by atoms with Crippen LogP contribution >= 0.6 is 11.8 Å². The van der Waals surface area contributed by atoms with E-state index in [1.54, 1.807) is 66.7 Å². The highest BCUT2D eigenvalue weighted by Crippen LogP contribution is 2.39. The van der Waals surface area contributed by atoms with Gasteiger partial charge in [0.2, 0.25) is 11.8 Å². The van der Waals surface area contributed by atoms with Gasteiger partial charge in [-0.3, -0.25) is 14.4 Å². The minimum Gasteiger partial charge on any atom is -0.481 e. The van der Waals surface area contributed by atoms with E-state index >= 15 is 0 Å². The molecule has 6 nitrogen and oxygen atoms in total. The highest BCUT2D eigenvalue weighted by molar-refractivity contribution is 8.00. The molecule has 0 spiro atoms. The van der Waals surface area contributed by atoms with Gasteiger partial charge in [0.05, 0.1) is 23.1 Å². The SMILES string of the molecule is O=C(O)[C@H]1CC=CC[C@H]1C(=O)Nc1ccc(S[C@@H](C(=O)Nc2ccccc2C(F)(F)F)c2ccccc2)cc1. The molecule has 3 atom stereocenters. The van der Waals surface area contributed by atoms with Crippen LogP contribution in [0.3, 0.4) is 0 Å². The van der Waals surface area contributed by atoms with Crippen molar-refractivity contribution in [3.05, 3.63) is 102 Å². The standard InChI is InChI=1S/C29H25F3N2O4S/c30-29(31,32)23-12-6-7-13-24(23)34-27(36)25(18-8-2-1-3-9-18)39-20-16-14-19(15-17-20)33-26(35)21-10-4-5-11-22(21)28(37)38/h1-9,12-17,21-22,25H,10-11H2,(H,33,35)(H,34,36)(H,37,38)/t21-,22+,25-/m1/s1. The molecule has 1 aliphatic rings. The third-order valence-electron chi connectivity index (χ3n) is 6.29. The van der Waals surface area contributed by atoms with Crippen LogP contribution in [-0.2, 0) is 20.6 Å². The number of halogens is 3. The molecule has 0 fully saturated rings. The molecule has 1 aliphatic carbocycles. The molecule has 39 heavy (non-hydrogen) atoms. The van der Waals surface area contributed by atoms with Gasteiger partial charge in [0, 0.05) is 10.6 Å². The first kappa shape index (κ1) is 28.0. The smallest absolute Gasteiger partial charge is 0.418 e. The zero-order chi connectivity index (χ0) is 28.0. The van der Waals surface area contributed by atoms with Crippen LogP contribution in [-0.4, -0.2) is 22.9 Å². The van der Waals surface area contributed by atoms with Gasteiger partial charge in [0.25, 0.3) is 0 Å². The van der Waals surface area contributed by atoms with Crippen molar-refractivity contribution in [3.63, 3.8) is 0 Å². The highest BCUT2D eigenvalue weighted by atomic mass is 32.2. The number of alkyl halides is 3. The fourth-order valence-electron chi connectivity index (χ4n) is 4.30. The first-order valence-corrected chi connectivity index (χ1v) is 13.0. The maximum absolute atomic E-state index is 13.5. The van der Waals surface area contributed by atoms with Crippen LogP contribution in [0.4, 0.5) is 24.5 Å². The molecule has 0 radical (unpaired) electrons. The third-order valence-corrected chi connectivity index (χ3v) is 7.56. The molecule has 3 N–H and O–H groups in total. The molecule has 202 valence electrons. The van der Waals surface area contributed by atoms with E-state index in [0.29, 0.717) is 29.0 Å². The normalized spacial score (nSPS) is 17.7. The van der Waals surface area contributed by atoms with Crippen LogP contribution in [0, 0.1) is 11.8 Å². The monoisotopic (exact) mass is 554 g/mol. The Morgan fingerprint density at radius 2 is 1.44 bits per heavy atom. The Labute approximate surface area is 227 Å². The number of rotatable bonds is 8. The largest absolute Gasteiger partial charge is 0.481 e. The number of aliphatic carboxylic acids is 1. The van der Waals surface area contributed by atoms with Crippen molar-refractivity contribution in [1.82, 2.24) is 0 Å². The summed E-state index contributed by atoms with van der Waals surface area (Å²) >= 11 is 1.15. The number of allylic oxidation sites excluding steroid dienone is 2. The lowest BCUT2D eigenvalue weighted by atomic mass is 9.82. The van der Waals surface area contributed by atoms with E-state index in [2.05, 4.69) is 10.6 Å². The molecule has 3 aromatic carbocycles. The van der Waals surface area contributed by atoms with Gasteiger partial charge in [-0.1, -0.05) is 54.6 Å². The van der Waals surface area contributed by atoms with Crippen molar-refractivity contribution in [2.45, 2.75) is 29.2 Å². The molecule has 0 unspecified atom stereocenters. The van der Waals surface area contributed by atoms with E-state index in [0.717, 1.165) is 17.8 Å². The van der Waals surface area contributed by atoms with Crippen LogP contribution in [0.2, 0.25) is 0 Å². The first-order valence-electron chi connectivity index (χ1n) is 12.1. The topological polar surface area (TPSA) is 95.5 Å². The number of nitrogens with one attached hydrogen (secondary N) is 2. The average Bonchev–Trinajstić information content (AvgIpc) is 2.92. The lowest BCUT2D eigenvalue weighted by Crippen LogP contribution is -2.34. The second-order valence-corrected chi connectivity index (χ2v) is 10.1. The van der Waals surface area contributed by atoms with Crippen molar-refractivity contribution in [2.75, 3.05) is 10.6 Å². The maximum atomic E-state index is 13.5. The van der Waals surface area contributed by atoms with Crippen LogP contribution in [0.5, 0.6) is 0 Å². The lowest BCUT2D eigenvalue weighted by Gasteiger charge is -2.24. The molecule has 0 aromatic heterocycles. The molecule has 0 aliphatic heterocycles. The van der Waals surface area contributed by atoms with Gasteiger partial charge in [-0.05, 0) is 54.8 Å². The number of benzene rings is 3. The molecular weight excluding hydrogens is 529 g/mol. The van der Waals surface area contributed by atoms with Crippen molar-refractivity contribution in [2.24, 2.45) is 11.8 Å². The fourth-order valence-corrected chi connectivity index (χ4v) is 5.33. The summed E-state index contributed by atoms with van der Waals surface area (Å²) in [4.78, 5) is 38.2.